The van der Waals surface area contributed by atoms with Gasteiger partial charge in [0.05, 0.1) is 0 Å². The molecule has 0 atom stereocenters. The monoisotopic (exact) mass is 427 g/mol. The minimum absolute atomic E-state index is 0.132. The Morgan fingerprint density at radius 3 is 2.77 bits per heavy atom. The van der Waals surface area contributed by atoms with Gasteiger partial charge in [0, 0.05) is 24.8 Å². The Balaban J connectivity index is 1.32. The predicted molar refractivity (Wildman–Crippen MR) is 114 cm³/mol. The number of thiazole rings is 1. The zero-order chi connectivity index (χ0) is 20.5. The van der Waals surface area contributed by atoms with Crippen molar-refractivity contribution in [1.82, 2.24) is 14.5 Å². The summed E-state index contributed by atoms with van der Waals surface area (Å²) in [4.78, 5) is 36.4. The number of anilines is 2. The van der Waals surface area contributed by atoms with E-state index < -0.39 is 0 Å². The highest BCUT2D eigenvalue weighted by Gasteiger charge is 2.19. The number of piperidine rings is 1. The van der Waals surface area contributed by atoms with Crippen molar-refractivity contribution in [2.75, 3.05) is 36.5 Å². The highest BCUT2D eigenvalue weighted by molar-refractivity contribution is 7.22. The molecular weight excluding hydrogens is 406 g/mol. The molecule has 5 rings (SSSR count). The molecule has 30 heavy (non-hydrogen) atoms. The number of amides is 1. The van der Waals surface area contributed by atoms with Crippen LogP contribution >= 0.6 is 11.3 Å². The first-order chi connectivity index (χ1) is 14.7. The lowest BCUT2D eigenvalue weighted by atomic mass is 10.1. The highest BCUT2D eigenvalue weighted by Crippen LogP contribution is 2.32. The molecule has 0 bridgehead atoms. The van der Waals surface area contributed by atoms with Gasteiger partial charge in [-0.2, -0.15) is 4.98 Å². The number of carbonyl (C=O) groups is 1. The SMILES string of the molecule is O=C(Cn1cnc2nc(N3CCCCC3)sc2c1=O)Nc1ccc2c(c1)OCCO2. The summed E-state index contributed by atoms with van der Waals surface area (Å²) in [5.74, 6) is 0.921. The van der Waals surface area contributed by atoms with Crippen molar-refractivity contribution < 1.29 is 14.3 Å². The summed E-state index contributed by atoms with van der Waals surface area (Å²) >= 11 is 1.35. The van der Waals surface area contributed by atoms with E-state index in [1.807, 2.05) is 0 Å². The fraction of sp³-hybridized carbons (Fsp3) is 0.400. The van der Waals surface area contributed by atoms with Crippen molar-refractivity contribution in [1.29, 1.82) is 0 Å². The van der Waals surface area contributed by atoms with E-state index in [0.717, 1.165) is 31.1 Å². The minimum Gasteiger partial charge on any atom is -0.486 e. The molecular formula is C20H21N5O4S. The van der Waals surface area contributed by atoms with E-state index in [4.69, 9.17) is 9.47 Å². The third-order valence-electron chi connectivity index (χ3n) is 5.14. The van der Waals surface area contributed by atoms with E-state index in [1.54, 1.807) is 18.2 Å². The van der Waals surface area contributed by atoms with Crippen molar-refractivity contribution in [3.8, 4) is 11.5 Å². The summed E-state index contributed by atoms with van der Waals surface area (Å²) in [7, 11) is 0. The Kier molecular flexibility index (Phi) is 4.99. The maximum atomic E-state index is 12.9. The molecule has 0 radical (unpaired) electrons. The normalized spacial score (nSPS) is 15.9. The van der Waals surface area contributed by atoms with Gasteiger partial charge in [-0.1, -0.05) is 11.3 Å². The molecule has 10 heteroatoms. The third-order valence-corrected chi connectivity index (χ3v) is 6.23. The molecule has 2 aliphatic heterocycles. The van der Waals surface area contributed by atoms with Crippen LogP contribution in [-0.4, -0.2) is 46.7 Å². The largest absolute Gasteiger partial charge is 0.486 e. The summed E-state index contributed by atoms with van der Waals surface area (Å²) < 4.78 is 12.8. The molecule has 156 valence electrons. The quantitative estimate of drug-likeness (QED) is 0.682. The fourth-order valence-electron chi connectivity index (χ4n) is 3.64. The van der Waals surface area contributed by atoms with E-state index in [9.17, 15) is 9.59 Å². The van der Waals surface area contributed by atoms with E-state index in [-0.39, 0.29) is 18.0 Å². The van der Waals surface area contributed by atoms with Gasteiger partial charge in [0.1, 0.15) is 30.8 Å². The Morgan fingerprint density at radius 2 is 1.93 bits per heavy atom. The first-order valence-electron chi connectivity index (χ1n) is 9.98. The minimum atomic E-state index is -0.323. The molecule has 1 amide bonds. The predicted octanol–water partition coefficient (Wildman–Crippen LogP) is 2.25. The number of nitrogens with one attached hydrogen (secondary N) is 1. The maximum absolute atomic E-state index is 12.9. The van der Waals surface area contributed by atoms with Crippen molar-refractivity contribution >= 4 is 38.4 Å². The number of ether oxygens (including phenoxy) is 2. The Hall–Kier alpha value is -3.14. The smallest absolute Gasteiger partial charge is 0.273 e. The van der Waals surface area contributed by atoms with E-state index in [0.29, 0.717) is 40.7 Å². The first kappa shape index (κ1) is 18.9. The number of hydrogen-bond donors (Lipinski definition) is 1. The van der Waals surface area contributed by atoms with Gasteiger partial charge in [-0.05, 0) is 31.4 Å². The van der Waals surface area contributed by atoms with Crippen molar-refractivity contribution in [3.63, 3.8) is 0 Å². The number of nitrogens with zero attached hydrogens (tertiary/aromatic N) is 4. The average Bonchev–Trinajstić information content (AvgIpc) is 3.22. The van der Waals surface area contributed by atoms with Gasteiger partial charge >= 0.3 is 0 Å². The number of carbonyl (C=O) groups excluding carboxylic acids is 1. The molecule has 1 N–H and O–H groups in total. The van der Waals surface area contributed by atoms with Gasteiger partial charge in [-0.25, -0.2) is 4.98 Å². The molecule has 9 nitrogen and oxygen atoms in total. The third kappa shape index (κ3) is 3.70. The van der Waals surface area contributed by atoms with Crippen LogP contribution in [0.4, 0.5) is 10.8 Å². The zero-order valence-electron chi connectivity index (χ0n) is 16.3. The molecule has 2 aliphatic rings. The summed E-state index contributed by atoms with van der Waals surface area (Å²) in [6, 6.07) is 5.21. The Labute approximate surface area is 176 Å². The van der Waals surface area contributed by atoms with E-state index >= 15 is 0 Å². The molecule has 2 aromatic heterocycles. The summed E-state index contributed by atoms with van der Waals surface area (Å²) in [5, 5.41) is 3.62. The standard InChI is InChI=1S/C20H21N5O4S/c26-16(22-13-4-5-14-15(10-13)29-9-8-28-14)11-25-12-21-18-17(19(25)27)30-20(23-18)24-6-2-1-3-7-24/h4-5,10,12H,1-3,6-9,11H2,(H,22,26). The van der Waals surface area contributed by atoms with Crippen molar-refractivity contribution in [2.24, 2.45) is 0 Å². The average molecular weight is 427 g/mol. The Bertz CT molecular complexity index is 1150. The lowest BCUT2D eigenvalue weighted by Gasteiger charge is -2.25. The second-order valence-corrected chi connectivity index (χ2v) is 8.26. The summed E-state index contributed by atoms with van der Waals surface area (Å²) in [6.07, 6.45) is 4.87. The Morgan fingerprint density at radius 1 is 1.13 bits per heavy atom. The van der Waals surface area contributed by atoms with Crippen LogP contribution in [0.3, 0.4) is 0 Å². The molecule has 0 unspecified atom stereocenters. The number of benzene rings is 1. The topological polar surface area (TPSA) is 98.6 Å². The van der Waals surface area contributed by atoms with E-state index in [1.165, 1.54) is 28.7 Å². The number of aromatic nitrogens is 3. The lowest BCUT2D eigenvalue weighted by Crippen LogP contribution is -2.29. The molecule has 3 aromatic rings. The summed E-state index contributed by atoms with van der Waals surface area (Å²) in [6.45, 7) is 2.75. The van der Waals surface area contributed by atoms with Crippen LogP contribution in [0.2, 0.25) is 0 Å². The fourth-order valence-corrected chi connectivity index (χ4v) is 4.67. The van der Waals surface area contributed by atoms with Gasteiger partial charge in [0.25, 0.3) is 5.56 Å². The van der Waals surface area contributed by atoms with Crippen LogP contribution in [0.15, 0.2) is 29.3 Å². The molecule has 0 aliphatic carbocycles. The number of fused-ring (bicyclic) bond motifs is 2. The van der Waals surface area contributed by atoms with Crippen LogP contribution in [0.25, 0.3) is 10.3 Å². The maximum Gasteiger partial charge on any atom is 0.273 e. The molecule has 1 saturated heterocycles. The second kappa shape index (κ2) is 7.94. The molecule has 0 saturated carbocycles. The van der Waals surface area contributed by atoms with Gasteiger partial charge < -0.3 is 19.7 Å². The van der Waals surface area contributed by atoms with Crippen molar-refractivity contribution in [3.05, 3.63) is 34.9 Å². The number of rotatable bonds is 4. The highest BCUT2D eigenvalue weighted by atomic mass is 32.1. The zero-order valence-corrected chi connectivity index (χ0v) is 17.1. The second-order valence-electron chi connectivity index (χ2n) is 7.28. The van der Waals surface area contributed by atoms with Crippen LogP contribution < -0.4 is 25.2 Å². The first-order valence-corrected chi connectivity index (χ1v) is 10.8. The van der Waals surface area contributed by atoms with Crippen LogP contribution in [-0.2, 0) is 11.3 Å². The van der Waals surface area contributed by atoms with Gasteiger partial charge in [0.2, 0.25) is 5.91 Å². The van der Waals surface area contributed by atoms with Gasteiger partial charge in [0.15, 0.2) is 22.3 Å². The molecule has 4 heterocycles. The van der Waals surface area contributed by atoms with E-state index in [2.05, 4.69) is 20.2 Å². The molecule has 1 aromatic carbocycles. The molecule has 0 spiro atoms. The van der Waals surface area contributed by atoms with Crippen LogP contribution in [0.5, 0.6) is 11.5 Å². The van der Waals surface area contributed by atoms with Crippen LogP contribution in [0, 0.1) is 0 Å². The van der Waals surface area contributed by atoms with Gasteiger partial charge in [-0.3, -0.25) is 14.2 Å². The lowest BCUT2D eigenvalue weighted by molar-refractivity contribution is -0.116. The van der Waals surface area contributed by atoms with Gasteiger partial charge in [-0.15, -0.1) is 0 Å². The van der Waals surface area contributed by atoms with Crippen molar-refractivity contribution in [2.45, 2.75) is 25.8 Å². The molecule has 1 fully saturated rings. The van der Waals surface area contributed by atoms with Crippen LogP contribution in [0.1, 0.15) is 19.3 Å². The summed E-state index contributed by atoms with van der Waals surface area (Å²) in [5.41, 5.74) is 0.767. The number of hydrogen-bond acceptors (Lipinski definition) is 8.